The number of ketones is 2. The summed E-state index contributed by atoms with van der Waals surface area (Å²) in [5.74, 6) is -2.06. The molecule has 0 bridgehead atoms. The van der Waals surface area contributed by atoms with Gasteiger partial charge in [0.15, 0.2) is 23.2 Å². The van der Waals surface area contributed by atoms with Gasteiger partial charge in [-0.25, -0.2) is 0 Å². The number of fused-ring (bicyclic) bond motifs is 2. The summed E-state index contributed by atoms with van der Waals surface area (Å²) in [7, 11) is 0. The maximum atomic E-state index is 13.5. The van der Waals surface area contributed by atoms with Crippen LogP contribution in [0.15, 0.2) is 24.3 Å². The molecule has 1 aliphatic carbocycles. The molecule has 0 unspecified atom stereocenters. The van der Waals surface area contributed by atoms with Gasteiger partial charge in [-0.05, 0) is 12.8 Å². The first kappa shape index (κ1) is 25.5. The summed E-state index contributed by atoms with van der Waals surface area (Å²) in [4.78, 5) is 62.7. The Bertz CT molecular complexity index is 1180. The van der Waals surface area contributed by atoms with Gasteiger partial charge in [0.2, 0.25) is 5.91 Å². The van der Waals surface area contributed by atoms with E-state index < -0.39 is 29.4 Å². The number of nitrogens with one attached hydrogen (secondary N) is 1. The van der Waals surface area contributed by atoms with E-state index >= 15 is 0 Å². The van der Waals surface area contributed by atoms with Crippen molar-refractivity contribution in [3.8, 4) is 0 Å². The Morgan fingerprint density at radius 2 is 1.43 bits per heavy atom. The topological polar surface area (TPSA) is 145 Å². The third kappa shape index (κ3) is 5.86. The van der Waals surface area contributed by atoms with Crippen LogP contribution in [0.5, 0.6) is 0 Å². The molecular formula is C24H26N4O7. The molecule has 11 nitrogen and oxygen atoms in total. The van der Waals surface area contributed by atoms with Crippen LogP contribution in [0.1, 0.15) is 65.5 Å². The average Bonchev–Trinajstić information content (AvgIpc) is 2.81. The summed E-state index contributed by atoms with van der Waals surface area (Å²) < 4.78 is 9.83. The van der Waals surface area contributed by atoms with Gasteiger partial charge in [0.25, 0.3) is 0 Å². The lowest BCUT2D eigenvalue weighted by Crippen LogP contribution is -2.35. The number of amides is 1. The number of ether oxygens (including phenoxy) is 2. The second kappa shape index (κ2) is 11.3. The van der Waals surface area contributed by atoms with Crippen molar-refractivity contribution in [2.45, 2.75) is 33.6 Å². The van der Waals surface area contributed by atoms with Gasteiger partial charge in [-0.3, -0.25) is 28.9 Å². The molecule has 0 spiro atoms. The molecule has 0 atom stereocenters. The van der Waals surface area contributed by atoms with Gasteiger partial charge in [-0.1, -0.05) is 24.3 Å². The number of nitrogens with zero attached hydrogens (tertiary/aromatic N) is 3. The standard InChI is InChI=1S/C24H26N4O7/c1-14(29)28(11-7-13-35-16(3)31)24-20-19(21(32)17-8-4-5-9-18(17)22(20)33)23(26-27-24)25-10-6-12-34-15(2)30/h4-5,8-9H,6-7,10-13H2,1-3H3,(H,25,26). The first-order valence-corrected chi connectivity index (χ1v) is 11.1. The van der Waals surface area contributed by atoms with Crippen LogP contribution in [-0.2, 0) is 23.9 Å². The van der Waals surface area contributed by atoms with Gasteiger partial charge in [0.05, 0.1) is 24.3 Å². The maximum absolute atomic E-state index is 13.5. The normalized spacial score (nSPS) is 11.9. The molecule has 1 heterocycles. The highest BCUT2D eigenvalue weighted by Crippen LogP contribution is 2.35. The van der Waals surface area contributed by atoms with Crippen LogP contribution in [0.3, 0.4) is 0 Å². The molecule has 1 aromatic heterocycles. The molecular weight excluding hydrogens is 456 g/mol. The van der Waals surface area contributed by atoms with Crippen molar-refractivity contribution in [1.82, 2.24) is 10.2 Å². The monoisotopic (exact) mass is 482 g/mol. The molecule has 2 aromatic rings. The number of rotatable bonds is 10. The highest BCUT2D eigenvalue weighted by atomic mass is 16.5. The van der Waals surface area contributed by atoms with E-state index in [1.54, 1.807) is 24.3 Å². The second-order valence-electron chi connectivity index (χ2n) is 7.81. The van der Waals surface area contributed by atoms with Crippen LogP contribution in [0.2, 0.25) is 0 Å². The number of benzene rings is 1. The molecule has 3 rings (SSSR count). The number of aromatic nitrogens is 2. The Morgan fingerprint density at radius 3 is 2.00 bits per heavy atom. The predicted octanol–water partition coefficient (Wildman–Crippen LogP) is 1.92. The number of hydrogen-bond donors (Lipinski definition) is 1. The van der Waals surface area contributed by atoms with E-state index in [0.717, 1.165) is 0 Å². The fraction of sp³-hybridized carbons (Fsp3) is 0.375. The van der Waals surface area contributed by atoms with Gasteiger partial charge in [-0.2, -0.15) is 0 Å². The lowest BCUT2D eigenvalue weighted by molar-refractivity contribution is -0.141. The Balaban J connectivity index is 1.99. The van der Waals surface area contributed by atoms with Gasteiger partial charge >= 0.3 is 11.9 Å². The van der Waals surface area contributed by atoms with Crippen molar-refractivity contribution >= 4 is 41.0 Å². The van der Waals surface area contributed by atoms with Crippen molar-refractivity contribution in [3.05, 3.63) is 46.5 Å². The lowest BCUT2D eigenvalue weighted by atomic mass is 9.84. The van der Waals surface area contributed by atoms with Crippen LogP contribution in [0.4, 0.5) is 11.6 Å². The van der Waals surface area contributed by atoms with Gasteiger partial charge < -0.3 is 14.8 Å². The van der Waals surface area contributed by atoms with E-state index in [2.05, 4.69) is 15.5 Å². The van der Waals surface area contributed by atoms with E-state index in [-0.39, 0.29) is 53.6 Å². The van der Waals surface area contributed by atoms with Crippen molar-refractivity contribution in [1.29, 1.82) is 0 Å². The third-order valence-electron chi connectivity index (χ3n) is 5.21. The van der Waals surface area contributed by atoms with Crippen molar-refractivity contribution < 1.29 is 33.4 Å². The van der Waals surface area contributed by atoms with E-state index in [1.807, 2.05) is 0 Å². The largest absolute Gasteiger partial charge is 0.466 e. The molecule has 0 aliphatic heterocycles. The van der Waals surface area contributed by atoms with Crippen LogP contribution >= 0.6 is 0 Å². The molecule has 35 heavy (non-hydrogen) atoms. The van der Waals surface area contributed by atoms with Crippen LogP contribution in [-0.4, -0.2) is 65.9 Å². The smallest absolute Gasteiger partial charge is 0.302 e. The summed E-state index contributed by atoms with van der Waals surface area (Å²) in [5.41, 5.74) is 0.450. The van der Waals surface area contributed by atoms with Crippen LogP contribution in [0, 0.1) is 0 Å². The Morgan fingerprint density at radius 1 is 0.857 bits per heavy atom. The predicted molar refractivity (Wildman–Crippen MR) is 124 cm³/mol. The number of carbonyl (C=O) groups excluding carboxylic acids is 5. The summed E-state index contributed by atoms with van der Waals surface area (Å²) in [6.07, 6.45) is 0.733. The van der Waals surface area contributed by atoms with Gasteiger partial charge in [0, 0.05) is 45.0 Å². The molecule has 0 saturated carbocycles. The zero-order chi connectivity index (χ0) is 25.5. The van der Waals surface area contributed by atoms with Crippen LogP contribution in [0.25, 0.3) is 0 Å². The summed E-state index contributed by atoms with van der Waals surface area (Å²) in [6.45, 7) is 4.55. The minimum Gasteiger partial charge on any atom is -0.466 e. The fourth-order valence-corrected chi connectivity index (χ4v) is 3.67. The fourth-order valence-electron chi connectivity index (χ4n) is 3.67. The van der Waals surface area contributed by atoms with E-state index in [0.29, 0.717) is 19.4 Å². The molecule has 1 aromatic carbocycles. The minimum absolute atomic E-state index is 0.0196. The zero-order valence-corrected chi connectivity index (χ0v) is 19.8. The summed E-state index contributed by atoms with van der Waals surface area (Å²) in [6, 6.07) is 6.42. The highest BCUT2D eigenvalue weighted by molar-refractivity contribution is 6.31. The molecule has 1 amide bonds. The minimum atomic E-state index is -0.450. The summed E-state index contributed by atoms with van der Waals surface area (Å²) >= 11 is 0. The molecule has 0 saturated heterocycles. The van der Waals surface area contributed by atoms with Crippen molar-refractivity contribution in [3.63, 3.8) is 0 Å². The first-order valence-electron chi connectivity index (χ1n) is 11.1. The van der Waals surface area contributed by atoms with Crippen molar-refractivity contribution in [2.75, 3.05) is 36.5 Å². The Hall–Kier alpha value is -4.15. The van der Waals surface area contributed by atoms with E-state index in [1.165, 1.54) is 25.7 Å². The lowest BCUT2D eigenvalue weighted by Gasteiger charge is -2.26. The van der Waals surface area contributed by atoms with Gasteiger partial charge in [0.1, 0.15) is 0 Å². The number of esters is 2. The SMILES string of the molecule is CC(=O)OCCCNc1nnc(N(CCCOC(C)=O)C(C)=O)c2c1C(=O)c1ccccc1C2=O. The second-order valence-corrected chi connectivity index (χ2v) is 7.81. The highest BCUT2D eigenvalue weighted by Gasteiger charge is 2.37. The number of anilines is 2. The molecule has 0 fully saturated rings. The Labute approximate surface area is 201 Å². The van der Waals surface area contributed by atoms with Crippen molar-refractivity contribution in [2.24, 2.45) is 0 Å². The van der Waals surface area contributed by atoms with Gasteiger partial charge in [-0.15, -0.1) is 10.2 Å². The molecule has 0 radical (unpaired) electrons. The van der Waals surface area contributed by atoms with Crippen LogP contribution < -0.4 is 10.2 Å². The molecule has 1 aliphatic rings. The third-order valence-corrected chi connectivity index (χ3v) is 5.21. The summed E-state index contributed by atoms with van der Waals surface area (Å²) in [5, 5.41) is 11.2. The van der Waals surface area contributed by atoms with E-state index in [9.17, 15) is 24.0 Å². The zero-order valence-electron chi connectivity index (χ0n) is 19.8. The first-order chi connectivity index (χ1) is 16.7. The Kier molecular flexibility index (Phi) is 8.24. The molecule has 1 N–H and O–H groups in total. The molecule has 184 valence electrons. The number of hydrogen-bond acceptors (Lipinski definition) is 10. The molecule has 11 heteroatoms. The van der Waals surface area contributed by atoms with E-state index in [4.69, 9.17) is 9.47 Å². The quantitative estimate of drug-likeness (QED) is 0.336. The number of carbonyl (C=O) groups is 5. The maximum Gasteiger partial charge on any atom is 0.302 e. The average molecular weight is 482 g/mol.